The SMILES string of the molecule is CC(C)(C)c1ccc(C(O)N=Nc2ccccc2)cc1. The zero-order valence-electron chi connectivity index (χ0n) is 12.1. The van der Waals surface area contributed by atoms with E-state index in [4.69, 9.17) is 0 Å². The first-order chi connectivity index (χ1) is 9.47. The molecule has 2 aromatic rings. The number of aliphatic hydroxyl groups excluding tert-OH is 1. The first-order valence-electron chi connectivity index (χ1n) is 6.71. The molecule has 3 heteroatoms. The Morgan fingerprint density at radius 3 is 2.05 bits per heavy atom. The largest absolute Gasteiger partial charge is 0.366 e. The van der Waals surface area contributed by atoms with Crippen molar-refractivity contribution in [3.8, 4) is 0 Å². The minimum absolute atomic E-state index is 0.106. The predicted molar refractivity (Wildman–Crippen MR) is 81.1 cm³/mol. The van der Waals surface area contributed by atoms with Crippen molar-refractivity contribution in [1.82, 2.24) is 0 Å². The summed E-state index contributed by atoms with van der Waals surface area (Å²) in [5.41, 5.74) is 2.82. The van der Waals surface area contributed by atoms with Gasteiger partial charge in [0.1, 0.15) is 0 Å². The van der Waals surface area contributed by atoms with Gasteiger partial charge < -0.3 is 5.11 Å². The fourth-order valence-corrected chi connectivity index (χ4v) is 1.84. The average molecular weight is 268 g/mol. The van der Waals surface area contributed by atoms with E-state index in [2.05, 4.69) is 31.0 Å². The molecule has 0 saturated carbocycles. The molecule has 3 nitrogen and oxygen atoms in total. The minimum atomic E-state index is -0.927. The highest BCUT2D eigenvalue weighted by Crippen LogP contribution is 2.25. The molecule has 0 radical (unpaired) electrons. The summed E-state index contributed by atoms with van der Waals surface area (Å²) in [6.45, 7) is 6.48. The highest BCUT2D eigenvalue weighted by atomic mass is 16.3. The van der Waals surface area contributed by atoms with E-state index in [1.165, 1.54) is 5.56 Å². The zero-order chi connectivity index (χ0) is 14.6. The van der Waals surface area contributed by atoms with E-state index < -0.39 is 6.23 Å². The van der Waals surface area contributed by atoms with E-state index >= 15 is 0 Å². The fraction of sp³-hybridized carbons (Fsp3) is 0.294. The average Bonchev–Trinajstić information content (AvgIpc) is 2.45. The molecule has 0 fully saturated rings. The summed E-state index contributed by atoms with van der Waals surface area (Å²) in [6.07, 6.45) is -0.927. The van der Waals surface area contributed by atoms with Crippen molar-refractivity contribution in [1.29, 1.82) is 0 Å². The lowest BCUT2D eigenvalue weighted by molar-refractivity contribution is 0.180. The van der Waals surface area contributed by atoms with Crippen molar-refractivity contribution < 1.29 is 5.11 Å². The molecule has 0 aliphatic heterocycles. The fourth-order valence-electron chi connectivity index (χ4n) is 1.84. The maximum atomic E-state index is 10.0. The third-order valence-corrected chi connectivity index (χ3v) is 3.11. The maximum Gasteiger partial charge on any atom is 0.192 e. The molecule has 20 heavy (non-hydrogen) atoms. The van der Waals surface area contributed by atoms with Crippen molar-refractivity contribution in [3.05, 3.63) is 65.7 Å². The number of rotatable bonds is 3. The van der Waals surface area contributed by atoms with E-state index in [0.29, 0.717) is 0 Å². The number of nitrogens with zero attached hydrogens (tertiary/aromatic N) is 2. The topological polar surface area (TPSA) is 45.0 Å². The molecule has 2 rings (SSSR count). The Hall–Kier alpha value is -2.00. The van der Waals surface area contributed by atoms with Gasteiger partial charge >= 0.3 is 0 Å². The van der Waals surface area contributed by atoms with Crippen LogP contribution in [0.3, 0.4) is 0 Å². The van der Waals surface area contributed by atoms with Crippen LogP contribution in [0.4, 0.5) is 5.69 Å². The molecule has 0 amide bonds. The van der Waals surface area contributed by atoms with Crippen LogP contribution in [-0.2, 0) is 5.41 Å². The van der Waals surface area contributed by atoms with Crippen LogP contribution in [0.1, 0.15) is 38.1 Å². The van der Waals surface area contributed by atoms with Crippen LogP contribution in [0, 0.1) is 0 Å². The molecule has 0 saturated heterocycles. The van der Waals surface area contributed by atoms with E-state index in [0.717, 1.165) is 11.3 Å². The number of azo groups is 1. The molecule has 104 valence electrons. The van der Waals surface area contributed by atoms with Crippen molar-refractivity contribution in [2.24, 2.45) is 10.2 Å². The van der Waals surface area contributed by atoms with Gasteiger partial charge in [-0.15, -0.1) is 0 Å². The van der Waals surface area contributed by atoms with Crippen LogP contribution in [0.2, 0.25) is 0 Å². The Balaban J connectivity index is 2.10. The zero-order valence-corrected chi connectivity index (χ0v) is 12.1. The molecule has 0 aromatic heterocycles. The summed E-state index contributed by atoms with van der Waals surface area (Å²) in [5.74, 6) is 0. The summed E-state index contributed by atoms with van der Waals surface area (Å²) in [6, 6.07) is 17.2. The third-order valence-electron chi connectivity index (χ3n) is 3.11. The van der Waals surface area contributed by atoms with Gasteiger partial charge in [0.2, 0.25) is 0 Å². The summed E-state index contributed by atoms with van der Waals surface area (Å²) in [7, 11) is 0. The number of hydrogen-bond donors (Lipinski definition) is 1. The second kappa shape index (κ2) is 5.97. The molecular weight excluding hydrogens is 248 g/mol. The molecule has 1 atom stereocenters. The number of benzene rings is 2. The second-order valence-corrected chi connectivity index (χ2v) is 5.80. The lowest BCUT2D eigenvalue weighted by Gasteiger charge is -2.19. The summed E-state index contributed by atoms with van der Waals surface area (Å²) < 4.78 is 0. The van der Waals surface area contributed by atoms with Crippen LogP contribution < -0.4 is 0 Å². The monoisotopic (exact) mass is 268 g/mol. The molecule has 0 bridgehead atoms. The molecule has 0 aliphatic carbocycles. The van der Waals surface area contributed by atoms with Crippen LogP contribution in [0.15, 0.2) is 64.8 Å². The third kappa shape index (κ3) is 3.75. The first kappa shape index (κ1) is 14.4. The van der Waals surface area contributed by atoms with E-state index in [1.807, 2.05) is 54.6 Å². The minimum Gasteiger partial charge on any atom is -0.366 e. The van der Waals surface area contributed by atoms with Gasteiger partial charge in [-0.05, 0) is 23.1 Å². The molecule has 0 aliphatic rings. The highest BCUT2D eigenvalue weighted by Gasteiger charge is 2.14. The lowest BCUT2D eigenvalue weighted by Crippen LogP contribution is -2.10. The summed E-state index contributed by atoms with van der Waals surface area (Å²) in [4.78, 5) is 0. The van der Waals surface area contributed by atoms with Gasteiger partial charge in [0.05, 0.1) is 5.69 Å². The van der Waals surface area contributed by atoms with Crippen LogP contribution in [0.5, 0.6) is 0 Å². The second-order valence-electron chi connectivity index (χ2n) is 5.80. The van der Waals surface area contributed by atoms with Crippen molar-refractivity contribution >= 4 is 5.69 Å². The summed E-state index contributed by atoms with van der Waals surface area (Å²) >= 11 is 0. The van der Waals surface area contributed by atoms with Gasteiger partial charge in [-0.2, -0.15) is 10.2 Å². The lowest BCUT2D eigenvalue weighted by atomic mass is 9.86. The van der Waals surface area contributed by atoms with E-state index in [-0.39, 0.29) is 5.41 Å². The van der Waals surface area contributed by atoms with Crippen LogP contribution >= 0.6 is 0 Å². The standard InChI is InChI=1S/C17H20N2O/c1-17(2,3)14-11-9-13(10-12-14)16(20)19-18-15-7-5-4-6-8-15/h4-12,16,20H,1-3H3. The van der Waals surface area contributed by atoms with Crippen molar-refractivity contribution in [2.75, 3.05) is 0 Å². The molecular formula is C17H20N2O. The molecule has 1 unspecified atom stereocenters. The van der Waals surface area contributed by atoms with Gasteiger partial charge in [-0.1, -0.05) is 63.2 Å². The first-order valence-corrected chi connectivity index (χ1v) is 6.71. The normalized spacial score (nSPS) is 13.6. The highest BCUT2D eigenvalue weighted by molar-refractivity contribution is 5.35. The van der Waals surface area contributed by atoms with Crippen LogP contribution in [-0.4, -0.2) is 5.11 Å². The molecule has 1 N–H and O–H groups in total. The number of hydrogen-bond acceptors (Lipinski definition) is 3. The predicted octanol–water partition coefficient (Wildman–Crippen LogP) is 4.76. The quantitative estimate of drug-likeness (QED) is 0.801. The van der Waals surface area contributed by atoms with Crippen molar-refractivity contribution in [2.45, 2.75) is 32.4 Å². The van der Waals surface area contributed by atoms with E-state index in [1.54, 1.807) is 0 Å². The van der Waals surface area contributed by atoms with Gasteiger partial charge in [-0.25, -0.2) is 0 Å². The van der Waals surface area contributed by atoms with Gasteiger partial charge in [-0.3, -0.25) is 0 Å². The Bertz CT molecular complexity index is 568. The summed E-state index contributed by atoms with van der Waals surface area (Å²) in [5, 5.41) is 18.0. The van der Waals surface area contributed by atoms with Gasteiger partial charge in [0.25, 0.3) is 0 Å². The molecule has 0 heterocycles. The molecule has 0 spiro atoms. The van der Waals surface area contributed by atoms with Crippen molar-refractivity contribution in [3.63, 3.8) is 0 Å². The maximum absolute atomic E-state index is 10.0. The Kier molecular flexibility index (Phi) is 4.30. The Morgan fingerprint density at radius 1 is 0.900 bits per heavy atom. The Labute approximate surface area is 120 Å². The van der Waals surface area contributed by atoms with Crippen LogP contribution in [0.25, 0.3) is 0 Å². The number of aliphatic hydroxyl groups is 1. The van der Waals surface area contributed by atoms with E-state index in [9.17, 15) is 5.11 Å². The van der Waals surface area contributed by atoms with Gasteiger partial charge in [0.15, 0.2) is 6.23 Å². The molecule has 2 aromatic carbocycles. The van der Waals surface area contributed by atoms with Gasteiger partial charge in [0, 0.05) is 5.56 Å². The Morgan fingerprint density at radius 2 is 1.50 bits per heavy atom. The smallest absolute Gasteiger partial charge is 0.192 e.